The first-order chi connectivity index (χ1) is 13.3. The van der Waals surface area contributed by atoms with Gasteiger partial charge in [0.15, 0.2) is 0 Å². The van der Waals surface area contributed by atoms with E-state index in [9.17, 15) is 14.0 Å². The van der Waals surface area contributed by atoms with Gasteiger partial charge in [-0.3, -0.25) is 9.59 Å². The fourth-order valence-electron chi connectivity index (χ4n) is 4.20. The Bertz CT molecular complexity index is 712. The Morgan fingerprint density at radius 3 is 2.32 bits per heavy atom. The molecule has 2 heterocycles. The monoisotopic (exact) mass is 409 g/mol. The van der Waals surface area contributed by atoms with Gasteiger partial charge < -0.3 is 15.1 Å². The Kier molecular flexibility index (Phi) is 6.94. The van der Waals surface area contributed by atoms with Gasteiger partial charge in [-0.05, 0) is 70.8 Å². The van der Waals surface area contributed by atoms with Gasteiger partial charge in [0.25, 0.3) is 5.91 Å². The summed E-state index contributed by atoms with van der Waals surface area (Å²) in [5.41, 5.74) is 0.360. The van der Waals surface area contributed by atoms with Crippen molar-refractivity contribution < 1.29 is 14.0 Å². The molecule has 1 aromatic carbocycles. The third kappa shape index (κ3) is 5.03. The maximum Gasteiger partial charge on any atom is 0.255 e. The minimum atomic E-state index is -0.439. The first-order valence-electron chi connectivity index (χ1n) is 10.1. The fraction of sp³-hybridized carbons (Fsp3) is 0.619. The van der Waals surface area contributed by atoms with Gasteiger partial charge in [-0.1, -0.05) is 11.6 Å². The van der Waals surface area contributed by atoms with Crippen LogP contribution in [0.15, 0.2) is 18.2 Å². The van der Waals surface area contributed by atoms with Crippen LogP contribution in [-0.2, 0) is 4.79 Å². The molecule has 0 radical (unpaired) electrons. The van der Waals surface area contributed by atoms with Crippen molar-refractivity contribution in [1.82, 2.24) is 15.1 Å². The van der Waals surface area contributed by atoms with Crippen molar-refractivity contribution in [2.45, 2.75) is 51.6 Å². The maximum atomic E-state index is 13.2. The Morgan fingerprint density at radius 2 is 1.75 bits per heavy atom. The van der Waals surface area contributed by atoms with Crippen molar-refractivity contribution in [1.29, 1.82) is 0 Å². The van der Waals surface area contributed by atoms with E-state index in [0.717, 1.165) is 38.8 Å². The molecule has 0 atom stereocenters. The van der Waals surface area contributed by atoms with Crippen LogP contribution in [-0.4, -0.2) is 59.9 Å². The molecule has 1 aromatic rings. The van der Waals surface area contributed by atoms with Crippen LogP contribution >= 0.6 is 11.6 Å². The number of halogens is 2. The van der Waals surface area contributed by atoms with Crippen molar-refractivity contribution in [3.8, 4) is 0 Å². The zero-order valence-electron chi connectivity index (χ0n) is 16.6. The molecule has 2 fully saturated rings. The number of piperidine rings is 2. The lowest BCUT2D eigenvalue weighted by atomic mass is 9.92. The number of likely N-dealkylation sites (tertiary alicyclic amines) is 2. The van der Waals surface area contributed by atoms with E-state index in [2.05, 4.69) is 10.2 Å². The standard InChI is InChI=1S/C21H29ClFN3O2/c1-14(2)24-20(27)15-5-9-25(10-6-15)17-7-11-26(12-8-17)21(28)18-4-3-16(23)13-19(18)22/h3-4,13-15,17H,5-12H2,1-2H3,(H,24,27). The number of hydrogen-bond acceptors (Lipinski definition) is 3. The number of amides is 2. The highest BCUT2D eigenvalue weighted by Gasteiger charge is 2.32. The van der Waals surface area contributed by atoms with Crippen LogP contribution in [0.1, 0.15) is 49.9 Å². The van der Waals surface area contributed by atoms with Gasteiger partial charge in [0.05, 0.1) is 10.6 Å². The summed E-state index contributed by atoms with van der Waals surface area (Å²) in [6, 6.07) is 4.54. The van der Waals surface area contributed by atoms with Gasteiger partial charge in [0, 0.05) is 31.1 Å². The number of benzene rings is 1. The smallest absolute Gasteiger partial charge is 0.255 e. The summed E-state index contributed by atoms with van der Waals surface area (Å²) in [4.78, 5) is 29.1. The summed E-state index contributed by atoms with van der Waals surface area (Å²) in [5, 5.41) is 3.17. The van der Waals surface area contributed by atoms with Crippen molar-refractivity contribution >= 4 is 23.4 Å². The zero-order valence-corrected chi connectivity index (χ0v) is 17.3. The van der Waals surface area contributed by atoms with Gasteiger partial charge in [-0.15, -0.1) is 0 Å². The Balaban J connectivity index is 1.48. The predicted octanol–water partition coefficient (Wildman–Crippen LogP) is 3.32. The zero-order chi connectivity index (χ0) is 20.3. The molecule has 3 rings (SSSR count). The van der Waals surface area contributed by atoms with Crippen LogP contribution in [0.4, 0.5) is 4.39 Å². The third-order valence-corrected chi connectivity index (χ3v) is 6.07. The lowest BCUT2D eigenvalue weighted by molar-refractivity contribution is -0.127. The van der Waals surface area contributed by atoms with Gasteiger partial charge in [-0.2, -0.15) is 0 Å². The molecule has 154 valence electrons. The number of nitrogens with zero attached hydrogens (tertiary/aromatic N) is 2. The van der Waals surface area contributed by atoms with Gasteiger partial charge >= 0.3 is 0 Å². The second kappa shape index (κ2) is 9.23. The first-order valence-corrected chi connectivity index (χ1v) is 10.5. The Morgan fingerprint density at radius 1 is 1.11 bits per heavy atom. The van der Waals surface area contributed by atoms with E-state index in [4.69, 9.17) is 11.6 Å². The topological polar surface area (TPSA) is 52.7 Å². The van der Waals surface area contributed by atoms with Crippen molar-refractivity contribution in [3.05, 3.63) is 34.6 Å². The summed E-state index contributed by atoms with van der Waals surface area (Å²) in [5.74, 6) is -0.287. The highest BCUT2D eigenvalue weighted by molar-refractivity contribution is 6.33. The Labute approximate surface area is 171 Å². The van der Waals surface area contributed by atoms with Crippen LogP contribution in [0.5, 0.6) is 0 Å². The predicted molar refractivity (Wildman–Crippen MR) is 108 cm³/mol. The number of nitrogens with one attached hydrogen (secondary N) is 1. The molecule has 0 aromatic heterocycles. The minimum Gasteiger partial charge on any atom is -0.354 e. The van der Waals surface area contributed by atoms with Crippen LogP contribution in [0.2, 0.25) is 5.02 Å². The van der Waals surface area contributed by atoms with Crippen molar-refractivity contribution in [3.63, 3.8) is 0 Å². The van der Waals surface area contributed by atoms with E-state index in [1.54, 1.807) is 4.90 Å². The molecule has 5 nitrogen and oxygen atoms in total. The number of carbonyl (C=O) groups excluding carboxylic acids is 2. The molecule has 2 saturated heterocycles. The molecule has 0 spiro atoms. The summed E-state index contributed by atoms with van der Waals surface area (Å²) in [6.07, 6.45) is 3.60. The molecule has 2 aliphatic heterocycles. The molecule has 0 aliphatic carbocycles. The van der Waals surface area contributed by atoms with Crippen LogP contribution < -0.4 is 5.32 Å². The highest BCUT2D eigenvalue weighted by Crippen LogP contribution is 2.26. The van der Waals surface area contributed by atoms with E-state index < -0.39 is 5.82 Å². The molecule has 1 N–H and O–H groups in total. The van der Waals surface area contributed by atoms with Crippen LogP contribution in [0.3, 0.4) is 0 Å². The lowest BCUT2D eigenvalue weighted by Gasteiger charge is -2.41. The van der Waals surface area contributed by atoms with E-state index in [-0.39, 0.29) is 28.8 Å². The normalized spacial score (nSPS) is 19.8. The average Bonchev–Trinajstić information content (AvgIpc) is 2.67. The first kappa shape index (κ1) is 21.1. The Hall–Kier alpha value is -1.66. The van der Waals surface area contributed by atoms with E-state index in [1.165, 1.54) is 18.2 Å². The maximum absolute atomic E-state index is 13.2. The molecule has 0 unspecified atom stereocenters. The van der Waals surface area contributed by atoms with Crippen LogP contribution in [0, 0.1) is 11.7 Å². The molecule has 0 bridgehead atoms. The lowest BCUT2D eigenvalue weighted by Crippen LogP contribution is -2.50. The van der Waals surface area contributed by atoms with Crippen molar-refractivity contribution in [2.24, 2.45) is 5.92 Å². The molecule has 2 amide bonds. The van der Waals surface area contributed by atoms with Gasteiger partial charge in [0.1, 0.15) is 5.82 Å². The number of carbonyl (C=O) groups is 2. The number of hydrogen-bond donors (Lipinski definition) is 1. The summed E-state index contributed by atoms with van der Waals surface area (Å²) in [7, 11) is 0. The quantitative estimate of drug-likeness (QED) is 0.829. The third-order valence-electron chi connectivity index (χ3n) is 5.76. The molecule has 7 heteroatoms. The van der Waals surface area contributed by atoms with Crippen molar-refractivity contribution in [2.75, 3.05) is 26.2 Å². The summed E-state index contributed by atoms with van der Waals surface area (Å²) < 4.78 is 13.2. The summed E-state index contributed by atoms with van der Waals surface area (Å²) in [6.45, 7) is 7.18. The summed E-state index contributed by atoms with van der Waals surface area (Å²) >= 11 is 6.04. The van der Waals surface area contributed by atoms with E-state index in [1.807, 2.05) is 13.8 Å². The molecule has 2 aliphatic rings. The highest BCUT2D eigenvalue weighted by atomic mass is 35.5. The van der Waals surface area contributed by atoms with Crippen LogP contribution in [0.25, 0.3) is 0 Å². The SMILES string of the molecule is CC(C)NC(=O)C1CCN(C2CCN(C(=O)c3ccc(F)cc3Cl)CC2)CC1. The molecule has 0 saturated carbocycles. The molecular weight excluding hydrogens is 381 g/mol. The average molecular weight is 410 g/mol. The van der Waals surface area contributed by atoms with E-state index >= 15 is 0 Å². The fourth-order valence-corrected chi connectivity index (χ4v) is 4.44. The second-order valence-electron chi connectivity index (χ2n) is 8.12. The molecular formula is C21H29ClFN3O2. The minimum absolute atomic E-state index is 0.112. The van der Waals surface area contributed by atoms with E-state index in [0.29, 0.717) is 24.7 Å². The van der Waals surface area contributed by atoms with Gasteiger partial charge in [0.2, 0.25) is 5.91 Å². The molecule has 28 heavy (non-hydrogen) atoms. The largest absolute Gasteiger partial charge is 0.354 e. The van der Waals surface area contributed by atoms with Gasteiger partial charge in [-0.25, -0.2) is 4.39 Å². The second-order valence-corrected chi connectivity index (χ2v) is 8.53. The number of rotatable bonds is 4.